The van der Waals surface area contributed by atoms with E-state index in [1.54, 1.807) is 0 Å². The van der Waals surface area contributed by atoms with Gasteiger partial charge in [0.05, 0.1) is 6.54 Å². The van der Waals surface area contributed by atoms with Crippen LogP contribution in [0.3, 0.4) is 0 Å². The van der Waals surface area contributed by atoms with Gasteiger partial charge in [-0.15, -0.1) is 0 Å². The molecule has 2 aliphatic heterocycles. The van der Waals surface area contributed by atoms with Crippen molar-refractivity contribution in [2.75, 3.05) is 37.7 Å². The van der Waals surface area contributed by atoms with Crippen molar-refractivity contribution in [3.05, 3.63) is 35.4 Å². The van der Waals surface area contributed by atoms with Crippen LogP contribution in [-0.2, 0) is 13.1 Å². The lowest BCUT2D eigenvalue weighted by Crippen LogP contribution is -2.42. The zero-order chi connectivity index (χ0) is 16.6. The molecule has 2 heterocycles. The molecule has 2 saturated heterocycles. The summed E-state index contributed by atoms with van der Waals surface area (Å²) in [6, 6.07) is 8.92. The van der Waals surface area contributed by atoms with E-state index in [1.165, 1.54) is 49.9 Å². The molecule has 3 rings (SSSR count). The number of rotatable bonds is 4. The Morgan fingerprint density at radius 1 is 0.917 bits per heavy atom. The molecule has 0 spiro atoms. The molecule has 2 fully saturated rings. The second kappa shape index (κ2) is 9.33. The first kappa shape index (κ1) is 17.6. The number of hydrogen-bond donors (Lipinski definition) is 1. The predicted octanol–water partition coefficient (Wildman–Crippen LogP) is 2.93. The Morgan fingerprint density at radius 2 is 1.54 bits per heavy atom. The second-order valence-corrected chi connectivity index (χ2v) is 8.01. The monoisotopic (exact) mass is 346 g/mol. The third kappa shape index (κ3) is 5.42. The molecule has 2 N–H and O–H groups in total. The van der Waals surface area contributed by atoms with Gasteiger partial charge >= 0.3 is 0 Å². The topological polar surface area (TPSA) is 44.9 Å². The fourth-order valence-electron chi connectivity index (χ4n) is 3.37. The maximum atomic E-state index is 6.12. The molecular formula is C19H30N4S. The van der Waals surface area contributed by atoms with E-state index in [4.69, 9.17) is 5.73 Å². The zero-order valence-corrected chi connectivity index (χ0v) is 15.4. The summed E-state index contributed by atoms with van der Waals surface area (Å²) >= 11 is 1.99. The van der Waals surface area contributed by atoms with Crippen LogP contribution >= 0.6 is 11.8 Å². The zero-order valence-electron chi connectivity index (χ0n) is 14.6. The molecule has 4 nitrogen and oxygen atoms in total. The minimum Gasteiger partial charge on any atom is -0.370 e. The van der Waals surface area contributed by atoms with Gasteiger partial charge in [0.25, 0.3) is 0 Å². The molecule has 1 aromatic carbocycles. The van der Waals surface area contributed by atoms with Gasteiger partial charge in [-0.2, -0.15) is 11.8 Å². The van der Waals surface area contributed by atoms with Gasteiger partial charge in [-0.25, -0.2) is 4.99 Å². The maximum Gasteiger partial charge on any atom is 0.191 e. The molecule has 24 heavy (non-hydrogen) atoms. The van der Waals surface area contributed by atoms with E-state index < -0.39 is 0 Å². The van der Waals surface area contributed by atoms with E-state index in [9.17, 15) is 0 Å². The summed E-state index contributed by atoms with van der Waals surface area (Å²) in [5.41, 5.74) is 8.77. The summed E-state index contributed by atoms with van der Waals surface area (Å²) in [5.74, 6) is 3.01. The number of benzene rings is 1. The molecule has 0 saturated carbocycles. The van der Waals surface area contributed by atoms with E-state index in [0.717, 1.165) is 31.1 Å². The standard InChI is InChI=1S/C19H30N4S/c20-19(23-11-13-24-14-12-23)21-15-17-5-7-18(8-6-17)16-22-9-3-1-2-4-10-22/h5-8H,1-4,9-16H2,(H2,20,21). The highest BCUT2D eigenvalue weighted by atomic mass is 32.2. The summed E-state index contributed by atoms with van der Waals surface area (Å²) in [6.07, 6.45) is 5.48. The summed E-state index contributed by atoms with van der Waals surface area (Å²) in [7, 11) is 0. The Kier molecular flexibility index (Phi) is 6.85. The first-order chi connectivity index (χ1) is 11.8. The summed E-state index contributed by atoms with van der Waals surface area (Å²) in [4.78, 5) is 9.36. The number of aliphatic imine (C=N–C) groups is 1. The van der Waals surface area contributed by atoms with Crippen LogP contribution in [0.4, 0.5) is 0 Å². The fraction of sp³-hybridized carbons (Fsp3) is 0.632. The van der Waals surface area contributed by atoms with Crippen LogP contribution in [0.2, 0.25) is 0 Å². The van der Waals surface area contributed by atoms with Crippen molar-refractivity contribution in [1.82, 2.24) is 9.80 Å². The Balaban J connectivity index is 1.50. The molecule has 0 unspecified atom stereocenters. The van der Waals surface area contributed by atoms with E-state index in [2.05, 4.69) is 39.1 Å². The van der Waals surface area contributed by atoms with E-state index in [-0.39, 0.29) is 0 Å². The molecule has 0 amide bonds. The largest absolute Gasteiger partial charge is 0.370 e. The molecule has 1 aromatic rings. The number of thioether (sulfide) groups is 1. The molecule has 2 aliphatic rings. The van der Waals surface area contributed by atoms with Gasteiger partial charge in [-0.1, -0.05) is 37.1 Å². The summed E-state index contributed by atoms with van der Waals surface area (Å²) in [6.45, 7) is 6.30. The van der Waals surface area contributed by atoms with Crippen molar-refractivity contribution < 1.29 is 0 Å². The lowest BCUT2D eigenvalue weighted by atomic mass is 10.1. The van der Waals surface area contributed by atoms with Crippen LogP contribution in [0.25, 0.3) is 0 Å². The van der Waals surface area contributed by atoms with Gasteiger partial charge in [0.2, 0.25) is 0 Å². The Bertz CT molecular complexity index is 515. The molecule has 0 radical (unpaired) electrons. The first-order valence-corrected chi connectivity index (χ1v) is 10.4. The lowest BCUT2D eigenvalue weighted by molar-refractivity contribution is 0.277. The predicted molar refractivity (Wildman–Crippen MR) is 104 cm³/mol. The van der Waals surface area contributed by atoms with Gasteiger partial charge in [0, 0.05) is 31.1 Å². The van der Waals surface area contributed by atoms with Crippen molar-refractivity contribution in [2.24, 2.45) is 10.7 Å². The Labute approximate surface area is 150 Å². The van der Waals surface area contributed by atoms with Crippen LogP contribution in [-0.4, -0.2) is 53.4 Å². The van der Waals surface area contributed by atoms with E-state index in [0.29, 0.717) is 12.5 Å². The molecule has 5 heteroatoms. The minimum absolute atomic E-state index is 0.680. The van der Waals surface area contributed by atoms with Gasteiger partial charge in [0.15, 0.2) is 5.96 Å². The number of nitrogens with two attached hydrogens (primary N) is 1. The summed E-state index contributed by atoms with van der Waals surface area (Å²) in [5, 5.41) is 0. The van der Waals surface area contributed by atoms with E-state index >= 15 is 0 Å². The van der Waals surface area contributed by atoms with Gasteiger partial charge in [0.1, 0.15) is 0 Å². The van der Waals surface area contributed by atoms with Gasteiger partial charge < -0.3 is 10.6 Å². The average molecular weight is 347 g/mol. The van der Waals surface area contributed by atoms with Crippen LogP contribution in [0.5, 0.6) is 0 Å². The molecule has 0 aliphatic carbocycles. The number of likely N-dealkylation sites (tertiary alicyclic amines) is 1. The highest BCUT2D eigenvalue weighted by Gasteiger charge is 2.12. The van der Waals surface area contributed by atoms with Crippen LogP contribution in [0, 0.1) is 0 Å². The maximum absolute atomic E-state index is 6.12. The SMILES string of the molecule is NC(=NCc1ccc(CN2CCCCCC2)cc1)N1CCSCC1. The molecule has 132 valence electrons. The Morgan fingerprint density at radius 3 is 2.21 bits per heavy atom. The van der Waals surface area contributed by atoms with Gasteiger partial charge in [-0.3, -0.25) is 4.90 Å². The average Bonchev–Trinajstić information content (AvgIpc) is 2.90. The van der Waals surface area contributed by atoms with Crippen molar-refractivity contribution in [1.29, 1.82) is 0 Å². The lowest BCUT2D eigenvalue weighted by Gasteiger charge is -2.27. The Hall–Kier alpha value is -1.20. The molecular weight excluding hydrogens is 316 g/mol. The third-order valence-corrected chi connectivity index (χ3v) is 5.83. The summed E-state index contributed by atoms with van der Waals surface area (Å²) < 4.78 is 0. The quantitative estimate of drug-likeness (QED) is 0.672. The van der Waals surface area contributed by atoms with Crippen LogP contribution in [0.15, 0.2) is 29.3 Å². The van der Waals surface area contributed by atoms with Crippen molar-refractivity contribution in [3.8, 4) is 0 Å². The van der Waals surface area contributed by atoms with E-state index in [1.807, 2.05) is 11.8 Å². The number of guanidine groups is 1. The third-order valence-electron chi connectivity index (χ3n) is 4.89. The van der Waals surface area contributed by atoms with Crippen molar-refractivity contribution in [2.45, 2.75) is 38.8 Å². The van der Waals surface area contributed by atoms with Crippen LogP contribution < -0.4 is 5.73 Å². The minimum atomic E-state index is 0.680. The number of hydrogen-bond acceptors (Lipinski definition) is 3. The fourth-order valence-corrected chi connectivity index (χ4v) is 4.27. The highest BCUT2D eigenvalue weighted by molar-refractivity contribution is 7.99. The highest BCUT2D eigenvalue weighted by Crippen LogP contribution is 2.14. The normalized spacial score (nSPS) is 20.8. The van der Waals surface area contributed by atoms with Crippen molar-refractivity contribution in [3.63, 3.8) is 0 Å². The van der Waals surface area contributed by atoms with Gasteiger partial charge in [-0.05, 0) is 37.1 Å². The van der Waals surface area contributed by atoms with Crippen LogP contribution in [0.1, 0.15) is 36.8 Å². The van der Waals surface area contributed by atoms with Crippen molar-refractivity contribution >= 4 is 17.7 Å². The molecule has 0 bridgehead atoms. The smallest absolute Gasteiger partial charge is 0.191 e. The molecule has 0 aromatic heterocycles. The second-order valence-electron chi connectivity index (χ2n) is 6.78. The number of nitrogens with zero attached hydrogens (tertiary/aromatic N) is 3. The molecule has 0 atom stereocenters. The first-order valence-electron chi connectivity index (χ1n) is 9.24.